The molecule has 0 saturated carbocycles. The quantitative estimate of drug-likeness (QED) is 0.150. The lowest BCUT2D eigenvalue weighted by Gasteiger charge is -2.26. The van der Waals surface area contributed by atoms with Crippen LogP contribution in [0, 0.1) is 11.3 Å². The first-order chi connectivity index (χ1) is 33.7. The lowest BCUT2D eigenvalue weighted by Crippen LogP contribution is -2.09. The van der Waals surface area contributed by atoms with E-state index in [1.54, 1.807) is 0 Å². The Kier molecular flexibility index (Phi) is 9.23. The van der Waals surface area contributed by atoms with Gasteiger partial charge in [0.25, 0.3) is 0 Å². The minimum atomic E-state index is 0.622. The smallest absolute Gasteiger partial charge is 0.135 e. The number of para-hydroxylation sites is 1. The summed E-state index contributed by atoms with van der Waals surface area (Å²) >= 11 is 0. The fourth-order valence-electron chi connectivity index (χ4n) is 10.5. The molecule has 0 N–H and O–H groups in total. The van der Waals surface area contributed by atoms with Gasteiger partial charge >= 0.3 is 0 Å². The van der Waals surface area contributed by atoms with Crippen LogP contribution in [0.4, 0.5) is 17.1 Å². The first-order valence-corrected chi connectivity index (χ1v) is 23.0. The third kappa shape index (κ3) is 6.50. The molecule has 0 saturated heterocycles. The normalized spacial score (nSPS) is 11.5. The molecule has 0 fully saturated rings. The number of nitriles is 1. The third-order valence-corrected chi connectivity index (χ3v) is 13.7. The Hall–Kier alpha value is -9.23. The van der Waals surface area contributed by atoms with Crippen LogP contribution in [0.1, 0.15) is 5.56 Å². The molecule has 0 aliphatic heterocycles. The molecule has 0 unspecified atom stereocenters. The molecule has 0 radical (unpaired) electrons. The van der Waals surface area contributed by atoms with Crippen LogP contribution in [0.5, 0.6) is 0 Å². The Balaban J connectivity index is 0.915. The molecule has 13 rings (SSSR count). The molecule has 0 aliphatic carbocycles. The number of hydrogen-bond donors (Lipinski definition) is 0. The average Bonchev–Trinajstić information content (AvgIpc) is 3.78. The van der Waals surface area contributed by atoms with Gasteiger partial charge < -0.3 is 9.32 Å². The van der Waals surface area contributed by atoms with Gasteiger partial charge in [0.15, 0.2) is 0 Å². The second-order valence-electron chi connectivity index (χ2n) is 17.5. The number of nitrogens with zero attached hydrogens (tertiary/aromatic N) is 2. The van der Waals surface area contributed by atoms with Crippen molar-refractivity contribution in [1.29, 1.82) is 5.26 Å². The van der Waals surface area contributed by atoms with Crippen LogP contribution in [-0.2, 0) is 0 Å². The van der Waals surface area contributed by atoms with Gasteiger partial charge in [0, 0.05) is 27.8 Å². The van der Waals surface area contributed by atoms with E-state index < -0.39 is 0 Å². The third-order valence-electron chi connectivity index (χ3n) is 13.7. The van der Waals surface area contributed by atoms with Crippen LogP contribution in [0.3, 0.4) is 0 Å². The van der Waals surface area contributed by atoms with Gasteiger partial charge in [-0.15, -0.1) is 0 Å². The summed E-state index contributed by atoms with van der Waals surface area (Å²) in [5.74, 6) is 0. The Labute approximate surface area is 393 Å². The second kappa shape index (κ2) is 16.0. The van der Waals surface area contributed by atoms with Gasteiger partial charge in [0.2, 0.25) is 0 Å². The largest absolute Gasteiger partial charge is 0.456 e. The number of anilines is 3. The highest BCUT2D eigenvalue weighted by atomic mass is 16.3. The van der Waals surface area contributed by atoms with E-state index >= 15 is 0 Å². The number of rotatable bonds is 7. The van der Waals surface area contributed by atoms with Gasteiger partial charge in [0.05, 0.1) is 11.6 Å². The summed E-state index contributed by atoms with van der Waals surface area (Å²) < 4.78 is 6.18. The van der Waals surface area contributed by atoms with Crippen LogP contribution >= 0.6 is 0 Å². The number of fused-ring (bicyclic) bond motifs is 7. The minimum Gasteiger partial charge on any atom is -0.456 e. The molecular weight excluding hydrogens is 825 g/mol. The first-order valence-electron chi connectivity index (χ1n) is 23.0. The highest BCUT2D eigenvalue weighted by molar-refractivity contribution is 6.25. The molecule has 0 amide bonds. The highest BCUT2D eigenvalue weighted by Gasteiger charge is 2.21. The predicted octanol–water partition coefficient (Wildman–Crippen LogP) is 18.2. The average molecular weight is 865 g/mol. The summed E-state index contributed by atoms with van der Waals surface area (Å²) in [4.78, 5) is 2.23. The SMILES string of the molecule is N#Cc1ccc(N(c2ccc(-c3ccc(-c4ccc5c(-c6cccc7ccccc67)c6ccccc6c(-c6cccc7ccccc67)c5c4)cc3)cc2)c2ccc3oc4ccccc4c3c2)cc1. The summed E-state index contributed by atoms with van der Waals surface area (Å²) in [6.07, 6.45) is 0. The van der Waals surface area contributed by atoms with Crippen LogP contribution in [0.15, 0.2) is 247 Å². The predicted molar refractivity (Wildman–Crippen MR) is 285 cm³/mol. The molecule has 1 heterocycles. The van der Waals surface area contributed by atoms with Gasteiger partial charge in [-0.05, 0) is 154 Å². The lowest BCUT2D eigenvalue weighted by molar-refractivity contribution is 0.669. The van der Waals surface area contributed by atoms with Crippen molar-refractivity contribution < 1.29 is 4.42 Å². The van der Waals surface area contributed by atoms with Crippen molar-refractivity contribution in [3.63, 3.8) is 0 Å². The van der Waals surface area contributed by atoms with Crippen molar-refractivity contribution in [1.82, 2.24) is 0 Å². The molecule has 68 heavy (non-hydrogen) atoms. The van der Waals surface area contributed by atoms with E-state index in [1.807, 2.05) is 48.5 Å². The van der Waals surface area contributed by atoms with Crippen molar-refractivity contribution in [3.05, 3.63) is 248 Å². The summed E-state index contributed by atoms with van der Waals surface area (Å²) in [7, 11) is 0. The van der Waals surface area contributed by atoms with Crippen LogP contribution in [-0.4, -0.2) is 0 Å². The zero-order valence-corrected chi connectivity index (χ0v) is 36.9. The van der Waals surface area contributed by atoms with Crippen LogP contribution < -0.4 is 4.90 Å². The molecule has 0 spiro atoms. The Morgan fingerprint density at radius 3 is 1.37 bits per heavy atom. The van der Waals surface area contributed by atoms with Gasteiger partial charge in [-0.1, -0.05) is 176 Å². The standard InChI is InChI=1S/C65H40N2O/c66-41-42-23-32-49(33-24-42)67(51-36-38-63-60(40-51)54-17-7-8-22-62(54)68-63)50-34-29-44(30-35-50)43-25-27-45(28-26-43)48-31-37-59-61(39-48)65(56-21-10-14-47-12-2-4-16-53(47)56)58-19-6-5-18-57(58)64(59)55-20-9-13-46-11-1-3-15-52(46)55/h1-40H. The van der Waals surface area contributed by atoms with E-state index in [4.69, 9.17) is 4.42 Å². The Bertz CT molecular complexity index is 4130. The van der Waals surface area contributed by atoms with Crippen LogP contribution in [0.25, 0.3) is 110 Å². The van der Waals surface area contributed by atoms with E-state index in [0.717, 1.165) is 55.7 Å². The molecule has 3 heteroatoms. The summed E-state index contributed by atoms with van der Waals surface area (Å²) in [5, 5.41) is 21.6. The zero-order chi connectivity index (χ0) is 45.1. The topological polar surface area (TPSA) is 40.2 Å². The molecule has 0 atom stereocenters. The first kappa shape index (κ1) is 39.2. The Morgan fingerprint density at radius 1 is 0.309 bits per heavy atom. The van der Waals surface area contributed by atoms with E-state index in [2.05, 4.69) is 205 Å². The molecular formula is C65H40N2O. The van der Waals surface area contributed by atoms with Gasteiger partial charge in [-0.25, -0.2) is 0 Å². The molecule has 13 aromatic rings. The summed E-state index contributed by atoms with van der Waals surface area (Å²) in [5.41, 5.74) is 14.9. The molecule has 0 bridgehead atoms. The number of hydrogen-bond acceptors (Lipinski definition) is 3. The monoisotopic (exact) mass is 864 g/mol. The summed E-state index contributed by atoms with van der Waals surface area (Å²) in [6.45, 7) is 0. The maximum atomic E-state index is 9.58. The molecule has 1 aromatic heterocycles. The minimum absolute atomic E-state index is 0.622. The Morgan fingerprint density at radius 2 is 0.750 bits per heavy atom. The highest BCUT2D eigenvalue weighted by Crippen LogP contribution is 2.48. The fourth-order valence-corrected chi connectivity index (χ4v) is 10.5. The van der Waals surface area contributed by atoms with Crippen molar-refractivity contribution in [2.24, 2.45) is 0 Å². The number of furan rings is 1. The van der Waals surface area contributed by atoms with Crippen molar-refractivity contribution in [2.45, 2.75) is 0 Å². The van der Waals surface area contributed by atoms with Crippen molar-refractivity contribution in [2.75, 3.05) is 4.90 Å². The molecule has 3 nitrogen and oxygen atoms in total. The summed E-state index contributed by atoms with van der Waals surface area (Å²) in [6, 6.07) is 89.1. The van der Waals surface area contributed by atoms with Crippen molar-refractivity contribution in [3.8, 4) is 50.6 Å². The van der Waals surface area contributed by atoms with E-state index in [0.29, 0.717) is 5.56 Å². The van der Waals surface area contributed by atoms with Gasteiger partial charge in [0.1, 0.15) is 11.2 Å². The number of benzene rings is 12. The van der Waals surface area contributed by atoms with E-state index in [-0.39, 0.29) is 0 Å². The molecule has 12 aromatic carbocycles. The van der Waals surface area contributed by atoms with Gasteiger partial charge in [-0.2, -0.15) is 5.26 Å². The van der Waals surface area contributed by atoms with Crippen LogP contribution in [0.2, 0.25) is 0 Å². The van der Waals surface area contributed by atoms with Crippen molar-refractivity contribution >= 4 is 82.1 Å². The fraction of sp³-hybridized carbons (Fsp3) is 0. The maximum Gasteiger partial charge on any atom is 0.135 e. The molecule has 0 aliphatic rings. The lowest BCUT2D eigenvalue weighted by atomic mass is 9.83. The van der Waals surface area contributed by atoms with Gasteiger partial charge in [-0.3, -0.25) is 0 Å². The second-order valence-corrected chi connectivity index (χ2v) is 17.5. The maximum absolute atomic E-state index is 9.58. The van der Waals surface area contributed by atoms with E-state index in [9.17, 15) is 5.26 Å². The van der Waals surface area contributed by atoms with E-state index in [1.165, 1.54) is 70.9 Å². The molecule has 316 valence electrons. The zero-order valence-electron chi connectivity index (χ0n) is 36.9.